The highest BCUT2D eigenvalue weighted by molar-refractivity contribution is 7.89. The summed E-state index contributed by atoms with van der Waals surface area (Å²) in [4.78, 5) is 28.7. The zero-order chi connectivity index (χ0) is 22.4. The first kappa shape index (κ1) is 22.6. The number of carbonyl (C=O) groups excluding carboxylic acids is 2. The fraction of sp³-hybridized carbons (Fsp3) is 0.190. The summed E-state index contributed by atoms with van der Waals surface area (Å²) < 4.78 is 31.7. The van der Waals surface area contributed by atoms with Crippen molar-refractivity contribution in [1.29, 1.82) is 0 Å². The molecule has 1 atom stereocenters. The van der Waals surface area contributed by atoms with E-state index in [2.05, 4.69) is 15.0 Å². The Morgan fingerprint density at radius 1 is 1.13 bits per heavy atom. The van der Waals surface area contributed by atoms with Gasteiger partial charge in [-0.1, -0.05) is 30.3 Å². The van der Waals surface area contributed by atoms with E-state index in [9.17, 15) is 18.0 Å². The van der Waals surface area contributed by atoms with Gasteiger partial charge in [-0.3, -0.25) is 9.59 Å². The van der Waals surface area contributed by atoms with Crippen LogP contribution in [0.2, 0.25) is 0 Å². The first-order valence-electron chi connectivity index (χ1n) is 9.31. The molecule has 3 aromatic rings. The average Bonchev–Trinajstić information content (AvgIpc) is 3.19. The van der Waals surface area contributed by atoms with Gasteiger partial charge in [0.05, 0.1) is 15.6 Å². The first-order valence-corrected chi connectivity index (χ1v) is 11.7. The minimum Gasteiger partial charge on any atom is -0.454 e. The predicted molar refractivity (Wildman–Crippen MR) is 118 cm³/mol. The van der Waals surface area contributed by atoms with E-state index in [0.717, 1.165) is 16.3 Å². The van der Waals surface area contributed by atoms with Crippen LogP contribution in [0.4, 0.5) is 5.69 Å². The van der Waals surface area contributed by atoms with E-state index in [1.54, 1.807) is 36.4 Å². The van der Waals surface area contributed by atoms with Gasteiger partial charge in [-0.25, -0.2) is 13.4 Å². The number of hydrogen-bond acceptors (Lipinski definition) is 7. The molecular formula is C21H21N3O5S2. The van der Waals surface area contributed by atoms with Crippen LogP contribution in [-0.2, 0) is 24.3 Å². The summed E-state index contributed by atoms with van der Waals surface area (Å²) in [6.07, 6.45) is 0. The number of esters is 1. The molecule has 1 aromatic heterocycles. The fourth-order valence-corrected chi connectivity index (χ4v) is 4.49. The summed E-state index contributed by atoms with van der Waals surface area (Å²) in [7, 11) is -3.88. The number of carbonyl (C=O) groups is 2. The third-order valence-electron chi connectivity index (χ3n) is 4.15. The lowest BCUT2D eigenvalue weighted by molar-refractivity contribution is -0.148. The van der Waals surface area contributed by atoms with Crippen LogP contribution in [0.15, 0.2) is 64.9 Å². The lowest BCUT2D eigenvalue weighted by Crippen LogP contribution is -2.40. The van der Waals surface area contributed by atoms with Gasteiger partial charge in [0.25, 0.3) is 5.91 Å². The zero-order valence-electron chi connectivity index (χ0n) is 16.9. The summed E-state index contributed by atoms with van der Waals surface area (Å²) in [6.45, 7) is 2.71. The van der Waals surface area contributed by atoms with Gasteiger partial charge in [0.15, 0.2) is 6.61 Å². The van der Waals surface area contributed by atoms with Crippen molar-refractivity contribution in [3.8, 4) is 11.3 Å². The molecule has 2 aromatic carbocycles. The maximum absolute atomic E-state index is 12.3. The van der Waals surface area contributed by atoms with E-state index in [-0.39, 0.29) is 4.90 Å². The Morgan fingerprint density at radius 2 is 1.87 bits per heavy atom. The number of ether oxygens (including phenoxy) is 1. The lowest BCUT2D eigenvalue weighted by atomic mass is 10.1. The largest absolute Gasteiger partial charge is 0.454 e. The number of nitrogens with zero attached hydrogens (tertiary/aromatic N) is 1. The van der Waals surface area contributed by atoms with E-state index >= 15 is 0 Å². The smallest absolute Gasteiger partial charge is 0.324 e. The summed E-state index contributed by atoms with van der Waals surface area (Å²) in [5, 5.41) is 5.51. The molecule has 10 heteroatoms. The average molecular weight is 460 g/mol. The molecule has 1 amide bonds. The lowest BCUT2D eigenvalue weighted by Gasteiger charge is -2.14. The van der Waals surface area contributed by atoms with Crippen LogP contribution < -0.4 is 10.0 Å². The molecule has 31 heavy (non-hydrogen) atoms. The van der Waals surface area contributed by atoms with Crippen molar-refractivity contribution in [1.82, 2.24) is 9.71 Å². The molecule has 0 unspecified atom stereocenters. The van der Waals surface area contributed by atoms with Crippen molar-refractivity contribution in [2.75, 3.05) is 11.9 Å². The number of sulfonamides is 1. The van der Waals surface area contributed by atoms with E-state index in [1.165, 1.54) is 30.4 Å². The number of nitrogens with one attached hydrogen (secondary N) is 2. The topological polar surface area (TPSA) is 114 Å². The summed E-state index contributed by atoms with van der Waals surface area (Å²) in [5.74, 6) is -1.40. The maximum Gasteiger partial charge on any atom is 0.324 e. The molecule has 0 aliphatic rings. The molecule has 1 heterocycles. The van der Waals surface area contributed by atoms with Crippen molar-refractivity contribution < 1.29 is 22.7 Å². The van der Waals surface area contributed by atoms with Crippen molar-refractivity contribution >= 4 is 38.9 Å². The van der Waals surface area contributed by atoms with Crippen molar-refractivity contribution in [2.24, 2.45) is 0 Å². The monoisotopic (exact) mass is 459 g/mol. The fourth-order valence-electron chi connectivity index (χ4n) is 2.66. The van der Waals surface area contributed by atoms with Crippen LogP contribution in [0.5, 0.6) is 0 Å². The minimum atomic E-state index is -3.88. The Kier molecular flexibility index (Phi) is 7.16. The predicted octanol–water partition coefficient (Wildman–Crippen LogP) is 2.97. The normalized spacial score (nSPS) is 12.2. The van der Waals surface area contributed by atoms with Crippen LogP contribution >= 0.6 is 11.3 Å². The van der Waals surface area contributed by atoms with E-state index in [1.807, 2.05) is 18.4 Å². The molecule has 0 spiro atoms. The molecule has 0 saturated carbocycles. The van der Waals surface area contributed by atoms with Crippen LogP contribution in [0.25, 0.3) is 11.3 Å². The van der Waals surface area contributed by atoms with Gasteiger partial charge in [0.1, 0.15) is 6.04 Å². The Labute approximate surface area is 184 Å². The molecule has 3 rings (SSSR count). The number of rotatable bonds is 8. The summed E-state index contributed by atoms with van der Waals surface area (Å²) >= 11 is 1.53. The number of benzene rings is 2. The van der Waals surface area contributed by atoms with Gasteiger partial charge in [0, 0.05) is 16.6 Å². The quantitative estimate of drug-likeness (QED) is 0.501. The van der Waals surface area contributed by atoms with Crippen LogP contribution in [-0.4, -0.2) is 37.9 Å². The Hall–Kier alpha value is -3.08. The molecule has 0 aliphatic carbocycles. The molecule has 0 radical (unpaired) electrons. The third kappa shape index (κ3) is 6.20. The molecular weight excluding hydrogens is 438 g/mol. The van der Waals surface area contributed by atoms with Gasteiger partial charge in [-0.15, -0.1) is 11.3 Å². The Morgan fingerprint density at radius 3 is 2.55 bits per heavy atom. The van der Waals surface area contributed by atoms with E-state index in [4.69, 9.17) is 4.74 Å². The van der Waals surface area contributed by atoms with Gasteiger partial charge >= 0.3 is 5.97 Å². The highest BCUT2D eigenvalue weighted by Gasteiger charge is 2.23. The summed E-state index contributed by atoms with van der Waals surface area (Å²) in [6, 6.07) is 13.6. The standard InChI is InChI=1S/C21H21N3O5S2/c1-14(24-31(27,28)18-9-4-3-5-10-18)21(26)29-12-20(25)23-17-8-6-7-16(11-17)19-13-30-15(2)22-19/h3-11,13-14,24H,12H2,1-2H3,(H,23,25)/t14-/m0/s1. The van der Waals surface area contributed by atoms with Crippen LogP contribution in [0.1, 0.15) is 11.9 Å². The summed E-state index contributed by atoms with van der Waals surface area (Å²) in [5.41, 5.74) is 2.19. The number of amides is 1. The zero-order valence-corrected chi connectivity index (χ0v) is 18.5. The second-order valence-electron chi connectivity index (χ2n) is 6.64. The van der Waals surface area contributed by atoms with Crippen LogP contribution in [0.3, 0.4) is 0 Å². The molecule has 0 fully saturated rings. The van der Waals surface area contributed by atoms with Gasteiger partial charge in [-0.2, -0.15) is 4.72 Å². The van der Waals surface area contributed by atoms with E-state index in [0.29, 0.717) is 5.69 Å². The van der Waals surface area contributed by atoms with Gasteiger partial charge in [0.2, 0.25) is 10.0 Å². The van der Waals surface area contributed by atoms with Crippen molar-refractivity contribution in [3.05, 3.63) is 65.0 Å². The van der Waals surface area contributed by atoms with Crippen LogP contribution in [0, 0.1) is 6.92 Å². The number of hydrogen-bond donors (Lipinski definition) is 2. The highest BCUT2D eigenvalue weighted by Crippen LogP contribution is 2.24. The van der Waals surface area contributed by atoms with E-state index < -0.39 is 34.5 Å². The first-order chi connectivity index (χ1) is 14.7. The maximum atomic E-state index is 12.3. The van der Waals surface area contributed by atoms with Crippen molar-refractivity contribution in [2.45, 2.75) is 24.8 Å². The SMILES string of the molecule is Cc1nc(-c2cccc(NC(=O)COC(=O)[C@H](C)NS(=O)(=O)c3ccccc3)c2)cs1. The highest BCUT2D eigenvalue weighted by atomic mass is 32.2. The second kappa shape index (κ2) is 9.82. The van der Waals surface area contributed by atoms with Gasteiger partial charge < -0.3 is 10.1 Å². The molecule has 0 bridgehead atoms. The number of thiazole rings is 1. The third-order valence-corrected chi connectivity index (χ3v) is 6.48. The number of aromatic nitrogens is 1. The molecule has 0 aliphatic heterocycles. The second-order valence-corrected chi connectivity index (χ2v) is 9.42. The molecule has 8 nitrogen and oxygen atoms in total. The molecule has 2 N–H and O–H groups in total. The molecule has 162 valence electrons. The van der Waals surface area contributed by atoms with Crippen molar-refractivity contribution in [3.63, 3.8) is 0 Å². The number of aryl methyl sites for hydroxylation is 1. The Balaban J connectivity index is 1.53. The molecule has 0 saturated heterocycles. The Bertz CT molecular complexity index is 1180. The number of anilines is 1. The minimum absolute atomic E-state index is 0.0302. The van der Waals surface area contributed by atoms with Gasteiger partial charge in [-0.05, 0) is 38.1 Å².